The van der Waals surface area contributed by atoms with E-state index in [0.717, 1.165) is 12.8 Å². The molecule has 0 fully saturated rings. The maximum absolute atomic E-state index is 3.60. The first-order valence-electron chi connectivity index (χ1n) is 6.38. The fourth-order valence-corrected chi connectivity index (χ4v) is 1.38. The molecule has 2 heteroatoms. The van der Waals surface area contributed by atoms with E-state index in [0.29, 0.717) is 0 Å². The van der Waals surface area contributed by atoms with Crippen molar-refractivity contribution < 1.29 is 38.6 Å². The molecule has 0 saturated heterocycles. The fraction of sp³-hybridized carbons (Fsp3) is 0.105. The number of halogens is 1. The Labute approximate surface area is 154 Å². The average Bonchev–Trinajstić information content (AvgIpc) is 3.19. The van der Waals surface area contributed by atoms with E-state index >= 15 is 0 Å². The zero-order valence-corrected chi connectivity index (χ0v) is 15.2. The maximum atomic E-state index is 3.60. The van der Waals surface area contributed by atoms with Gasteiger partial charge in [-0.15, -0.1) is 49.1 Å². The molecule has 0 aliphatic heterocycles. The maximum Gasteiger partial charge on any atom is 4.00 e. The molecule has 0 atom stereocenters. The molecule has 0 aromatic heterocycles. The summed E-state index contributed by atoms with van der Waals surface area (Å²) in [5.74, 6) is 0. The molecule has 0 N–H and O–H groups in total. The van der Waals surface area contributed by atoms with Crippen molar-refractivity contribution in [1.82, 2.24) is 0 Å². The molecule has 0 bridgehead atoms. The molecule has 2 aliphatic rings. The smallest absolute Gasteiger partial charge is 1.00 e. The molecular formula is C19H19ClZr. The zero-order chi connectivity index (χ0) is 13.6. The van der Waals surface area contributed by atoms with E-state index in [9.17, 15) is 0 Å². The Morgan fingerprint density at radius 2 is 1.48 bits per heavy atom. The molecule has 0 nitrogen and oxygen atoms in total. The van der Waals surface area contributed by atoms with Gasteiger partial charge in [-0.25, -0.2) is 24.3 Å². The van der Waals surface area contributed by atoms with E-state index in [4.69, 9.17) is 0 Å². The van der Waals surface area contributed by atoms with Crippen LogP contribution < -0.4 is 12.4 Å². The van der Waals surface area contributed by atoms with Crippen LogP contribution in [-0.2, 0) is 26.2 Å². The summed E-state index contributed by atoms with van der Waals surface area (Å²) in [6.07, 6.45) is 23.8. The van der Waals surface area contributed by atoms with Gasteiger partial charge in [0, 0.05) is 0 Å². The summed E-state index contributed by atoms with van der Waals surface area (Å²) in [4.78, 5) is 0. The van der Waals surface area contributed by atoms with Crippen molar-refractivity contribution in [2.75, 3.05) is 0 Å². The largest absolute Gasteiger partial charge is 4.00 e. The first-order valence-corrected chi connectivity index (χ1v) is 6.38. The minimum atomic E-state index is 0. The molecule has 106 valence electrons. The van der Waals surface area contributed by atoms with E-state index in [1.807, 2.05) is 61.1 Å². The van der Waals surface area contributed by atoms with Gasteiger partial charge in [0.1, 0.15) is 0 Å². The number of benzene rings is 1. The molecule has 2 aliphatic carbocycles. The van der Waals surface area contributed by atoms with Gasteiger partial charge in [0.25, 0.3) is 0 Å². The van der Waals surface area contributed by atoms with Crippen LogP contribution in [0.4, 0.5) is 0 Å². The van der Waals surface area contributed by atoms with E-state index < -0.39 is 0 Å². The van der Waals surface area contributed by atoms with Crippen LogP contribution in [0, 0.1) is 18.6 Å². The molecule has 21 heavy (non-hydrogen) atoms. The Morgan fingerprint density at radius 1 is 0.952 bits per heavy atom. The molecule has 3 rings (SSSR count). The second-order valence-corrected chi connectivity index (χ2v) is 3.82. The summed E-state index contributed by atoms with van der Waals surface area (Å²) in [5, 5.41) is 0. The monoisotopic (exact) mass is 372 g/mol. The number of hydrogen-bond acceptors (Lipinski definition) is 0. The van der Waals surface area contributed by atoms with Crippen molar-refractivity contribution in [3.8, 4) is 0 Å². The van der Waals surface area contributed by atoms with Crippen LogP contribution in [0.15, 0.2) is 79.4 Å². The average molecular weight is 374 g/mol. The summed E-state index contributed by atoms with van der Waals surface area (Å²) in [6, 6.07) is 10.1. The summed E-state index contributed by atoms with van der Waals surface area (Å²) in [6.45, 7) is 3.60. The van der Waals surface area contributed by atoms with Gasteiger partial charge >= 0.3 is 26.2 Å². The quantitative estimate of drug-likeness (QED) is 0.696. The van der Waals surface area contributed by atoms with Gasteiger partial charge < -0.3 is 12.4 Å². The van der Waals surface area contributed by atoms with Crippen molar-refractivity contribution in [1.29, 1.82) is 0 Å². The van der Waals surface area contributed by atoms with E-state index in [-0.39, 0.29) is 38.6 Å². The SMILES string of the molecule is C=C[CH-]c1ccccc1.[C-]1=CC=CC1.[C-]1=CC=CC1.[Cl-].[Zr+4]. The predicted molar refractivity (Wildman–Crippen MR) is 83.2 cm³/mol. The number of rotatable bonds is 2. The normalized spacial score (nSPS) is 12.0. The Kier molecular flexibility index (Phi) is 18.0. The Bertz CT molecular complexity index is 414. The van der Waals surface area contributed by atoms with Gasteiger partial charge in [-0.3, -0.25) is 12.2 Å². The summed E-state index contributed by atoms with van der Waals surface area (Å²) in [7, 11) is 0. The van der Waals surface area contributed by atoms with Crippen molar-refractivity contribution in [3.63, 3.8) is 0 Å². The Hall–Kier alpha value is -1.04. The third-order valence-corrected chi connectivity index (χ3v) is 2.28. The molecule has 1 aromatic carbocycles. The first-order chi connectivity index (χ1) is 9.43. The molecular weight excluding hydrogens is 355 g/mol. The van der Waals surface area contributed by atoms with Gasteiger partial charge in [-0.2, -0.15) is 24.8 Å². The molecule has 0 amide bonds. The van der Waals surface area contributed by atoms with Gasteiger partial charge in [0.2, 0.25) is 0 Å². The fourth-order valence-electron chi connectivity index (χ4n) is 1.38. The second-order valence-electron chi connectivity index (χ2n) is 3.82. The van der Waals surface area contributed by atoms with E-state index in [2.05, 4.69) is 30.9 Å². The molecule has 0 radical (unpaired) electrons. The second kappa shape index (κ2) is 17.0. The predicted octanol–water partition coefficient (Wildman–Crippen LogP) is 2.04. The van der Waals surface area contributed by atoms with Crippen LogP contribution in [0.1, 0.15) is 18.4 Å². The van der Waals surface area contributed by atoms with Crippen molar-refractivity contribution in [3.05, 3.63) is 104 Å². The van der Waals surface area contributed by atoms with Gasteiger partial charge in [-0.1, -0.05) is 6.07 Å². The van der Waals surface area contributed by atoms with Crippen LogP contribution in [0.2, 0.25) is 0 Å². The van der Waals surface area contributed by atoms with Crippen molar-refractivity contribution in [2.24, 2.45) is 0 Å². The number of allylic oxidation sites excluding steroid dienone is 9. The third kappa shape index (κ3) is 13.7. The standard InChI is InChI=1S/C9H9.2C5H5.ClH.Zr/c1-2-6-9-7-4-3-5-8-9;2*1-2-4-5-3-1;;/h2-8H,1H2;2*1-3H,4H2;1H;/q3*-1;;+4/p-1. The minimum Gasteiger partial charge on any atom is -1.00 e. The van der Waals surface area contributed by atoms with Crippen molar-refractivity contribution >= 4 is 0 Å². The number of hydrogen-bond donors (Lipinski definition) is 0. The summed E-state index contributed by atoms with van der Waals surface area (Å²) >= 11 is 0. The molecule has 0 saturated carbocycles. The van der Waals surface area contributed by atoms with Crippen LogP contribution in [0.5, 0.6) is 0 Å². The third-order valence-electron chi connectivity index (χ3n) is 2.28. The van der Waals surface area contributed by atoms with E-state index in [1.54, 1.807) is 6.08 Å². The summed E-state index contributed by atoms with van der Waals surface area (Å²) in [5.41, 5.74) is 1.20. The van der Waals surface area contributed by atoms with Crippen LogP contribution in [0.25, 0.3) is 0 Å². The molecule has 1 aromatic rings. The minimum absolute atomic E-state index is 0. The Morgan fingerprint density at radius 3 is 1.76 bits per heavy atom. The molecule has 0 spiro atoms. The molecule has 0 heterocycles. The zero-order valence-electron chi connectivity index (χ0n) is 12.0. The van der Waals surface area contributed by atoms with Crippen LogP contribution in [0.3, 0.4) is 0 Å². The van der Waals surface area contributed by atoms with Gasteiger partial charge in [0.15, 0.2) is 0 Å². The first kappa shape index (κ1) is 22.2. The molecule has 0 unspecified atom stereocenters. The van der Waals surface area contributed by atoms with E-state index in [1.165, 1.54) is 5.56 Å². The van der Waals surface area contributed by atoms with Gasteiger partial charge in [0.05, 0.1) is 0 Å². The Balaban J connectivity index is 0. The van der Waals surface area contributed by atoms with Crippen LogP contribution in [-0.4, -0.2) is 0 Å². The topological polar surface area (TPSA) is 0 Å². The van der Waals surface area contributed by atoms with Gasteiger partial charge in [-0.05, 0) is 0 Å². The summed E-state index contributed by atoms with van der Waals surface area (Å²) < 4.78 is 0. The van der Waals surface area contributed by atoms with Crippen molar-refractivity contribution in [2.45, 2.75) is 12.8 Å². The van der Waals surface area contributed by atoms with Crippen LogP contribution >= 0.6 is 0 Å².